The van der Waals surface area contributed by atoms with Crippen molar-refractivity contribution < 1.29 is 14.3 Å². The first kappa shape index (κ1) is 24.5. The van der Waals surface area contributed by atoms with Crippen LogP contribution in [0.3, 0.4) is 0 Å². The number of fused-ring (bicyclic) bond motifs is 1. The number of aromatic nitrogens is 2. The zero-order valence-electron chi connectivity index (χ0n) is 19.7. The maximum Gasteiger partial charge on any atom is 0.238 e. The molecule has 2 aromatic carbocycles. The number of methoxy groups -OCH3 is 2. The fraction of sp³-hybridized carbons (Fsp3) is 0.375. The Balaban J connectivity index is 2.01. The molecular formula is C24H30ClN5O3. The number of ether oxygens (including phenoxy) is 2. The van der Waals surface area contributed by atoms with E-state index in [1.54, 1.807) is 14.2 Å². The Morgan fingerprint density at radius 2 is 1.94 bits per heavy atom. The van der Waals surface area contributed by atoms with Gasteiger partial charge in [-0.1, -0.05) is 31.0 Å². The molecule has 0 aliphatic heterocycles. The molecule has 1 aromatic heterocycles. The van der Waals surface area contributed by atoms with Crippen LogP contribution in [-0.2, 0) is 17.8 Å². The summed E-state index contributed by atoms with van der Waals surface area (Å²) in [6.07, 6.45) is 3.19. The molecule has 9 heteroatoms. The first-order valence-electron chi connectivity index (χ1n) is 10.7. The molecule has 0 saturated carbocycles. The molecule has 1 heterocycles. The second-order valence-corrected chi connectivity index (χ2v) is 8.32. The van der Waals surface area contributed by atoms with Gasteiger partial charge in [-0.3, -0.25) is 4.79 Å². The van der Waals surface area contributed by atoms with E-state index >= 15 is 0 Å². The summed E-state index contributed by atoms with van der Waals surface area (Å²) in [4.78, 5) is 23.3. The van der Waals surface area contributed by atoms with Gasteiger partial charge in [0.05, 0.1) is 37.0 Å². The van der Waals surface area contributed by atoms with E-state index < -0.39 is 0 Å². The van der Waals surface area contributed by atoms with Crippen LogP contribution in [0.4, 0.5) is 11.5 Å². The number of aryl methyl sites for hydroxylation is 1. The molecule has 0 aliphatic carbocycles. The summed E-state index contributed by atoms with van der Waals surface area (Å²) in [5.41, 5.74) is 3.32. The average Bonchev–Trinajstić information content (AvgIpc) is 2.77. The Hall–Kier alpha value is -3.10. The monoisotopic (exact) mass is 471 g/mol. The van der Waals surface area contributed by atoms with E-state index in [-0.39, 0.29) is 12.5 Å². The van der Waals surface area contributed by atoms with Gasteiger partial charge in [0.2, 0.25) is 5.91 Å². The van der Waals surface area contributed by atoms with Crippen molar-refractivity contribution in [3.8, 4) is 11.5 Å². The first-order chi connectivity index (χ1) is 15.9. The number of carbonyl (C=O) groups excluding carboxylic acids is 1. The number of anilines is 2. The van der Waals surface area contributed by atoms with Gasteiger partial charge in [-0.15, -0.1) is 0 Å². The third-order valence-corrected chi connectivity index (χ3v) is 5.39. The van der Waals surface area contributed by atoms with Crippen LogP contribution < -0.4 is 20.1 Å². The molecule has 0 bridgehead atoms. The Kier molecular flexibility index (Phi) is 8.30. The fourth-order valence-electron chi connectivity index (χ4n) is 3.68. The van der Waals surface area contributed by atoms with E-state index in [0.717, 1.165) is 34.9 Å². The molecule has 2 N–H and O–H groups in total. The van der Waals surface area contributed by atoms with Crippen molar-refractivity contribution in [1.82, 2.24) is 14.9 Å². The zero-order chi connectivity index (χ0) is 24.0. The quantitative estimate of drug-likeness (QED) is 0.454. The van der Waals surface area contributed by atoms with Crippen LogP contribution in [-0.4, -0.2) is 55.6 Å². The van der Waals surface area contributed by atoms with E-state index in [2.05, 4.69) is 27.5 Å². The van der Waals surface area contributed by atoms with E-state index in [9.17, 15) is 4.79 Å². The highest BCUT2D eigenvalue weighted by atomic mass is 35.5. The van der Waals surface area contributed by atoms with E-state index in [1.807, 2.05) is 43.3 Å². The van der Waals surface area contributed by atoms with Gasteiger partial charge >= 0.3 is 0 Å². The number of rotatable bonds is 10. The van der Waals surface area contributed by atoms with Crippen molar-refractivity contribution in [3.63, 3.8) is 0 Å². The number of hydrogen-bond donors (Lipinski definition) is 2. The van der Waals surface area contributed by atoms with Crippen LogP contribution in [0.1, 0.15) is 24.5 Å². The smallest absolute Gasteiger partial charge is 0.238 e. The van der Waals surface area contributed by atoms with Crippen molar-refractivity contribution in [2.24, 2.45) is 0 Å². The molecule has 0 fully saturated rings. The summed E-state index contributed by atoms with van der Waals surface area (Å²) in [5.74, 6) is 1.79. The Morgan fingerprint density at radius 3 is 2.58 bits per heavy atom. The molecule has 8 nitrogen and oxygen atoms in total. The Labute approximate surface area is 199 Å². The van der Waals surface area contributed by atoms with Crippen molar-refractivity contribution in [3.05, 3.63) is 46.7 Å². The van der Waals surface area contributed by atoms with E-state index in [0.29, 0.717) is 34.6 Å². The number of benzene rings is 2. The van der Waals surface area contributed by atoms with Gasteiger partial charge in [-0.05, 0) is 44.3 Å². The highest BCUT2D eigenvalue weighted by Gasteiger charge is 2.19. The number of carbonyl (C=O) groups is 1. The predicted molar refractivity (Wildman–Crippen MR) is 133 cm³/mol. The number of halogens is 1. The van der Waals surface area contributed by atoms with Crippen molar-refractivity contribution in [2.45, 2.75) is 26.3 Å². The number of nitrogens with one attached hydrogen (secondary N) is 2. The minimum atomic E-state index is -0.126. The lowest BCUT2D eigenvalue weighted by molar-refractivity contribution is -0.116. The topological polar surface area (TPSA) is 88.6 Å². The SMILES string of the molecule is CCCc1c(OC)c(NC(=O)CN(C)C)cc2c(NCc3ccc(OC)c(Cl)c3)ncnc12. The third-order valence-electron chi connectivity index (χ3n) is 5.09. The summed E-state index contributed by atoms with van der Waals surface area (Å²) < 4.78 is 10.9. The predicted octanol–water partition coefficient (Wildman–Crippen LogP) is 4.37. The van der Waals surface area contributed by atoms with Gasteiger partial charge in [0.15, 0.2) is 0 Å². The van der Waals surface area contributed by atoms with Crippen molar-refractivity contribution >= 4 is 39.9 Å². The van der Waals surface area contributed by atoms with Crippen molar-refractivity contribution in [2.75, 3.05) is 45.5 Å². The summed E-state index contributed by atoms with van der Waals surface area (Å²) in [5, 5.41) is 7.71. The lowest BCUT2D eigenvalue weighted by Crippen LogP contribution is -2.27. The molecule has 3 aromatic rings. The second kappa shape index (κ2) is 11.2. The molecule has 3 rings (SSSR count). The van der Waals surface area contributed by atoms with Crippen LogP contribution in [0.25, 0.3) is 10.9 Å². The van der Waals surface area contributed by atoms with Gasteiger partial charge in [0.25, 0.3) is 0 Å². The number of likely N-dealkylation sites (N-methyl/N-ethyl adjacent to an activating group) is 1. The summed E-state index contributed by atoms with van der Waals surface area (Å²) in [7, 11) is 6.89. The fourth-order valence-corrected chi connectivity index (χ4v) is 3.96. The van der Waals surface area contributed by atoms with Gasteiger partial charge in [0.1, 0.15) is 23.6 Å². The number of nitrogens with zero attached hydrogens (tertiary/aromatic N) is 3. The molecule has 176 valence electrons. The van der Waals surface area contributed by atoms with Crippen LogP contribution in [0.5, 0.6) is 11.5 Å². The van der Waals surface area contributed by atoms with Gasteiger partial charge in [-0.25, -0.2) is 9.97 Å². The van der Waals surface area contributed by atoms with Gasteiger partial charge in [-0.2, -0.15) is 0 Å². The van der Waals surface area contributed by atoms with E-state index in [4.69, 9.17) is 21.1 Å². The second-order valence-electron chi connectivity index (χ2n) is 7.91. The molecule has 0 aliphatic rings. The minimum absolute atomic E-state index is 0.126. The van der Waals surface area contributed by atoms with Crippen LogP contribution >= 0.6 is 11.6 Å². The molecule has 0 unspecified atom stereocenters. The Morgan fingerprint density at radius 1 is 1.15 bits per heavy atom. The highest BCUT2D eigenvalue weighted by Crippen LogP contribution is 2.38. The lowest BCUT2D eigenvalue weighted by atomic mass is 10.0. The molecule has 0 saturated heterocycles. The largest absolute Gasteiger partial charge is 0.495 e. The maximum absolute atomic E-state index is 12.5. The first-order valence-corrected chi connectivity index (χ1v) is 11.1. The minimum Gasteiger partial charge on any atom is -0.495 e. The average molecular weight is 472 g/mol. The van der Waals surface area contributed by atoms with Crippen molar-refractivity contribution in [1.29, 1.82) is 0 Å². The highest BCUT2D eigenvalue weighted by molar-refractivity contribution is 6.32. The normalized spacial score (nSPS) is 11.0. The van der Waals surface area contributed by atoms with Crippen LogP contribution in [0.15, 0.2) is 30.6 Å². The molecular weight excluding hydrogens is 442 g/mol. The zero-order valence-corrected chi connectivity index (χ0v) is 20.4. The van der Waals surface area contributed by atoms with Gasteiger partial charge < -0.3 is 25.0 Å². The number of hydrogen-bond acceptors (Lipinski definition) is 7. The molecule has 0 spiro atoms. The third kappa shape index (κ3) is 5.83. The molecule has 0 radical (unpaired) electrons. The summed E-state index contributed by atoms with van der Waals surface area (Å²) in [6.45, 7) is 2.86. The maximum atomic E-state index is 12.5. The van der Waals surface area contributed by atoms with E-state index in [1.165, 1.54) is 6.33 Å². The molecule has 0 atom stereocenters. The van der Waals surface area contributed by atoms with Gasteiger partial charge in [0, 0.05) is 17.5 Å². The lowest BCUT2D eigenvalue weighted by Gasteiger charge is -2.19. The summed E-state index contributed by atoms with van der Waals surface area (Å²) in [6, 6.07) is 7.50. The molecule has 33 heavy (non-hydrogen) atoms. The standard InChI is InChI=1S/C24H30ClN5O3/c1-6-7-16-22-17(11-19(23(16)33-5)29-21(31)13-30(2)3)24(28-14-27-22)26-12-15-8-9-20(32-4)18(25)10-15/h8-11,14H,6-7,12-13H2,1-5H3,(H,29,31)(H,26,27,28). The summed E-state index contributed by atoms with van der Waals surface area (Å²) >= 11 is 6.26. The van der Waals surface area contributed by atoms with Crippen LogP contribution in [0, 0.1) is 0 Å². The Bertz CT molecular complexity index is 1140. The van der Waals surface area contributed by atoms with Crippen LogP contribution in [0.2, 0.25) is 5.02 Å². The number of amides is 1. The molecule has 1 amide bonds.